The minimum atomic E-state index is -0.325. The number of hydrogen-bond acceptors (Lipinski definition) is 2. The van der Waals surface area contributed by atoms with Crippen LogP contribution in [0, 0.1) is 12.7 Å². The number of quaternary nitrogens is 2. The van der Waals surface area contributed by atoms with Gasteiger partial charge in [-0.2, -0.15) is 0 Å². The first kappa shape index (κ1) is 20.0. The molecular formula is C21H27FN4O2+2. The molecule has 1 aliphatic rings. The number of hydrogen-bond donors (Lipinski definition) is 4. The Morgan fingerprint density at radius 2 is 1.18 bits per heavy atom. The summed E-state index contributed by atoms with van der Waals surface area (Å²) in [5, 5.41) is 5.73. The highest BCUT2D eigenvalue weighted by Gasteiger charge is 2.26. The van der Waals surface area contributed by atoms with Gasteiger partial charge in [0.25, 0.3) is 11.8 Å². The van der Waals surface area contributed by atoms with Crippen molar-refractivity contribution in [2.24, 2.45) is 0 Å². The Morgan fingerprint density at radius 1 is 0.786 bits per heavy atom. The third-order valence-corrected chi connectivity index (χ3v) is 4.95. The average molecular weight is 386 g/mol. The van der Waals surface area contributed by atoms with Gasteiger partial charge in [-0.1, -0.05) is 17.7 Å². The van der Waals surface area contributed by atoms with Gasteiger partial charge in [0.05, 0.1) is 0 Å². The molecule has 0 aliphatic carbocycles. The molecule has 0 aromatic heterocycles. The first-order valence-electron chi connectivity index (χ1n) is 9.57. The van der Waals surface area contributed by atoms with Gasteiger partial charge < -0.3 is 20.4 Å². The van der Waals surface area contributed by atoms with Crippen LogP contribution in [-0.4, -0.2) is 51.1 Å². The second-order valence-electron chi connectivity index (χ2n) is 7.32. The fourth-order valence-corrected chi connectivity index (χ4v) is 3.35. The van der Waals surface area contributed by atoms with Crippen molar-refractivity contribution in [3.63, 3.8) is 0 Å². The van der Waals surface area contributed by atoms with E-state index in [1.54, 1.807) is 12.1 Å². The van der Waals surface area contributed by atoms with Crippen LogP contribution < -0.4 is 20.4 Å². The maximum absolute atomic E-state index is 12.9. The minimum Gasteiger partial charge on any atom is -0.321 e. The van der Waals surface area contributed by atoms with E-state index in [1.807, 2.05) is 31.2 Å². The molecule has 3 rings (SSSR count). The molecule has 148 valence electrons. The number of benzene rings is 2. The number of anilines is 2. The summed E-state index contributed by atoms with van der Waals surface area (Å²) in [5.41, 5.74) is 2.57. The van der Waals surface area contributed by atoms with Crippen molar-refractivity contribution < 1.29 is 23.8 Å². The third kappa shape index (κ3) is 6.14. The Kier molecular flexibility index (Phi) is 6.73. The number of piperazine rings is 1. The number of carbonyl (C=O) groups is 2. The molecule has 2 amide bonds. The smallest absolute Gasteiger partial charge is 0.279 e. The van der Waals surface area contributed by atoms with Crippen molar-refractivity contribution in [1.29, 1.82) is 0 Å². The van der Waals surface area contributed by atoms with E-state index in [9.17, 15) is 14.0 Å². The zero-order valence-corrected chi connectivity index (χ0v) is 16.1. The number of carbonyl (C=O) groups excluding carboxylic acids is 2. The molecule has 1 heterocycles. The van der Waals surface area contributed by atoms with E-state index < -0.39 is 0 Å². The molecule has 0 atom stereocenters. The van der Waals surface area contributed by atoms with Gasteiger partial charge in [-0.05, 0) is 43.3 Å². The van der Waals surface area contributed by atoms with Gasteiger partial charge in [0.1, 0.15) is 32.0 Å². The van der Waals surface area contributed by atoms with Gasteiger partial charge in [-0.15, -0.1) is 0 Å². The summed E-state index contributed by atoms with van der Waals surface area (Å²) in [6.45, 7) is 6.19. The van der Waals surface area contributed by atoms with Crippen molar-refractivity contribution >= 4 is 23.2 Å². The number of nitrogens with one attached hydrogen (secondary N) is 4. The molecular weight excluding hydrogens is 359 g/mol. The van der Waals surface area contributed by atoms with Crippen molar-refractivity contribution in [2.75, 3.05) is 49.9 Å². The summed E-state index contributed by atoms with van der Waals surface area (Å²) in [7, 11) is 0. The van der Waals surface area contributed by atoms with Gasteiger partial charge in [-0.25, -0.2) is 4.39 Å². The predicted molar refractivity (Wildman–Crippen MR) is 106 cm³/mol. The molecule has 0 spiro atoms. The van der Waals surface area contributed by atoms with Crippen molar-refractivity contribution in [2.45, 2.75) is 6.92 Å². The molecule has 0 saturated carbocycles. The molecule has 2 aromatic carbocycles. The monoisotopic (exact) mass is 386 g/mol. The standard InChI is InChI=1S/C21H25FN4O2/c1-16-2-6-18(7-3-16)23-20(27)14-25-10-12-26(13-11-25)15-21(28)24-19-8-4-17(22)5-9-19/h2-9H,10-15H2,1H3,(H,23,27)(H,24,28)/p+2. The van der Waals surface area contributed by atoms with Crippen molar-refractivity contribution in [1.82, 2.24) is 0 Å². The lowest BCUT2D eigenvalue weighted by atomic mass is 10.2. The fraction of sp³-hybridized carbons (Fsp3) is 0.333. The SMILES string of the molecule is Cc1ccc(NC(=O)C[NH+]2CC[NH+](CC(=O)Nc3ccc(F)cc3)CC2)cc1. The molecule has 1 fully saturated rings. The molecule has 0 bridgehead atoms. The number of aryl methyl sites for hydroxylation is 1. The molecule has 6 nitrogen and oxygen atoms in total. The first-order chi connectivity index (χ1) is 13.5. The van der Waals surface area contributed by atoms with Crippen LogP contribution in [-0.2, 0) is 9.59 Å². The van der Waals surface area contributed by atoms with Crippen molar-refractivity contribution in [3.8, 4) is 0 Å². The fourth-order valence-electron chi connectivity index (χ4n) is 3.35. The van der Waals surface area contributed by atoms with Crippen LogP contribution in [0.2, 0.25) is 0 Å². The Labute approximate surface area is 164 Å². The van der Waals surface area contributed by atoms with Gasteiger partial charge in [0, 0.05) is 11.4 Å². The third-order valence-electron chi connectivity index (χ3n) is 4.95. The largest absolute Gasteiger partial charge is 0.321 e. The van der Waals surface area contributed by atoms with Crippen LogP contribution in [0.25, 0.3) is 0 Å². The van der Waals surface area contributed by atoms with Crippen LogP contribution in [0.3, 0.4) is 0 Å². The topological polar surface area (TPSA) is 67.1 Å². The van der Waals surface area contributed by atoms with Crippen LogP contribution >= 0.6 is 0 Å². The molecule has 2 aromatic rings. The lowest BCUT2D eigenvalue weighted by Crippen LogP contribution is -3.28. The van der Waals surface area contributed by atoms with E-state index in [0.717, 1.165) is 37.4 Å². The van der Waals surface area contributed by atoms with Crippen LogP contribution in [0.1, 0.15) is 5.56 Å². The van der Waals surface area contributed by atoms with Gasteiger partial charge >= 0.3 is 0 Å². The van der Waals surface area contributed by atoms with E-state index in [1.165, 1.54) is 21.9 Å². The van der Waals surface area contributed by atoms with Crippen LogP contribution in [0.15, 0.2) is 48.5 Å². The predicted octanol–water partition coefficient (Wildman–Crippen LogP) is -0.505. The quantitative estimate of drug-likeness (QED) is 0.541. The van der Waals surface area contributed by atoms with Gasteiger partial charge in [0.15, 0.2) is 13.1 Å². The molecule has 4 N–H and O–H groups in total. The van der Waals surface area contributed by atoms with E-state index in [0.29, 0.717) is 18.8 Å². The van der Waals surface area contributed by atoms with E-state index in [2.05, 4.69) is 10.6 Å². The van der Waals surface area contributed by atoms with E-state index >= 15 is 0 Å². The first-order valence-corrected chi connectivity index (χ1v) is 9.57. The maximum Gasteiger partial charge on any atom is 0.279 e. The highest BCUT2D eigenvalue weighted by molar-refractivity contribution is 5.92. The Hall–Kier alpha value is -2.77. The molecule has 0 unspecified atom stereocenters. The normalized spacial score (nSPS) is 19.1. The van der Waals surface area contributed by atoms with Crippen molar-refractivity contribution in [3.05, 3.63) is 59.9 Å². The number of amides is 2. The highest BCUT2D eigenvalue weighted by Crippen LogP contribution is 2.08. The van der Waals surface area contributed by atoms with Gasteiger partial charge in [0.2, 0.25) is 0 Å². The average Bonchev–Trinajstić information content (AvgIpc) is 2.67. The molecule has 7 heteroatoms. The van der Waals surface area contributed by atoms with Gasteiger partial charge in [-0.3, -0.25) is 9.59 Å². The lowest BCUT2D eigenvalue weighted by molar-refractivity contribution is -1.00. The molecule has 1 saturated heterocycles. The summed E-state index contributed by atoms with van der Waals surface area (Å²) in [4.78, 5) is 26.8. The Balaban J connectivity index is 1.37. The summed E-state index contributed by atoms with van der Waals surface area (Å²) in [6.07, 6.45) is 0. The lowest BCUT2D eigenvalue weighted by Gasteiger charge is -2.28. The van der Waals surface area contributed by atoms with Crippen LogP contribution in [0.4, 0.5) is 15.8 Å². The maximum atomic E-state index is 12.9. The van der Waals surface area contributed by atoms with E-state index in [-0.39, 0.29) is 17.6 Å². The van der Waals surface area contributed by atoms with E-state index in [4.69, 9.17) is 0 Å². The second kappa shape index (κ2) is 9.43. The van der Waals surface area contributed by atoms with Crippen LogP contribution in [0.5, 0.6) is 0 Å². The Bertz CT molecular complexity index is 731. The minimum absolute atomic E-state index is 0.0105. The number of rotatable bonds is 6. The highest BCUT2D eigenvalue weighted by atomic mass is 19.1. The molecule has 1 aliphatic heterocycles. The Morgan fingerprint density at radius 3 is 1.61 bits per heavy atom. The summed E-state index contributed by atoms with van der Waals surface area (Å²) >= 11 is 0. The molecule has 28 heavy (non-hydrogen) atoms. The summed E-state index contributed by atoms with van der Waals surface area (Å²) < 4.78 is 12.9. The zero-order chi connectivity index (χ0) is 19.9. The summed E-state index contributed by atoms with van der Waals surface area (Å²) in [5.74, 6) is -0.396. The second-order valence-corrected chi connectivity index (χ2v) is 7.32. The zero-order valence-electron chi connectivity index (χ0n) is 16.1. The number of halogens is 1. The molecule has 0 radical (unpaired) electrons. The summed E-state index contributed by atoms with van der Waals surface area (Å²) in [6, 6.07) is 13.5.